The zero-order valence-corrected chi connectivity index (χ0v) is 9.96. The zero-order valence-electron chi connectivity index (χ0n) is 9.96. The Hall–Kier alpha value is -1.63. The van der Waals surface area contributed by atoms with Gasteiger partial charge < -0.3 is 20.1 Å². The van der Waals surface area contributed by atoms with Crippen molar-refractivity contribution in [2.24, 2.45) is 7.05 Å². The van der Waals surface area contributed by atoms with E-state index < -0.39 is 11.0 Å². The first kappa shape index (κ1) is 11.8. The van der Waals surface area contributed by atoms with E-state index in [0.29, 0.717) is 18.2 Å². The molecule has 0 radical (unpaired) electrons. The number of hydrogen-bond donors (Lipinski definition) is 1. The van der Waals surface area contributed by atoms with Crippen molar-refractivity contribution in [3.8, 4) is 0 Å². The van der Waals surface area contributed by atoms with E-state index in [9.17, 15) is 15.2 Å². The second-order valence-corrected chi connectivity index (χ2v) is 4.36. The Bertz CT molecular complexity index is 443. The molecule has 1 aliphatic heterocycles. The van der Waals surface area contributed by atoms with Gasteiger partial charge in [0.1, 0.15) is 0 Å². The van der Waals surface area contributed by atoms with Gasteiger partial charge in [0.15, 0.2) is 0 Å². The molecule has 2 rings (SSSR count). The van der Waals surface area contributed by atoms with Crippen LogP contribution in [0.4, 0.5) is 11.6 Å². The van der Waals surface area contributed by atoms with E-state index in [1.807, 2.05) is 4.90 Å². The quantitative estimate of drug-likeness (QED) is 0.604. The minimum Gasteiger partial charge on any atom is -0.391 e. The molecule has 7 nitrogen and oxygen atoms in total. The molecule has 0 unspecified atom stereocenters. The molecule has 1 aromatic heterocycles. The summed E-state index contributed by atoms with van der Waals surface area (Å²) in [5, 5.41) is 20.6. The number of imidazole rings is 1. The van der Waals surface area contributed by atoms with Crippen LogP contribution in [0.15, 0.2) is 0 Å². The fraction of sp³-hybridized carbons (Fsp3) is 0.700. The molecule has 0 saturated carbocycles. The maximum absolute atomic E-state index is 11.0. The average molecular weight is 240 g/mol. The van der Waals surface area contributed by atoms with E-state index in [0.717, 1.165) is 19.4 Å². The van der Waals surface area contributed by atoms with Gasteiger partial charge in [0.05, 0.1) is 6.10 Å². The highest BCUT2D eigenvalue weighted by Crippen LogP contribution is 2.30. The first-order chi connectivity index (χ1) is 8.00. The molecule has 0 bridgehead atoms. The van der Waals surface area contributed by atoms with Crippen molar-refractivity contribution < 1.29 is 10.0 Å². The first-order valence-electron chi connectivity index (χ1n) is 5.61. The van der Waals surface area contributed by atoms with E-state index in [4.69, 9.17) is 0 Å². The van der Waals surface area contributed by atoms with Crippen molar-refractivity contribution in [2.75, 3.05) is 18.0 Å². The van der Waals surface area contributed by atoms with Crippen molar-refractivity contribution in [3.05, 3.63) is 15.9 Å². The summed E-state index contributed by atoms with van der Waals surface area (Å²) in [5.41, 5.74) is 0. The SMILES string of the molecule is Cc1nc([N+](=O)[O-])c(N2CCC[C@H](O)C2)n1C. The van der Waals surface area contributed by atoms with Crippen molar-refractivity contribution in [3.63, 3.8) is 0 Å². The highest BCUT2D eigenvalue weighted by Gasteiger charge is 2.30. The van der Waals surface area contributed by atoms with Crippen LogP contribution in [0, 0.1) is 17.0 Å². The van der Waals surface area contributed by atoms with Crippen LogP contribution in [0.3, 0.4) is 0 Å². The van der Waals surface area contributed by atoms with Crippen LogP contribution in [0.1, 0.15) is 18.7 Å². The van der Waals surface area contributed by atoms with Crippen LogP contribution in [0.5, 0.6) is 0 Å². The Morgan fingerprint density at radius 3 is 2.88 bits per heavy atom. The van der Waals surface area contributed by atoms with Gasteiger partial charge in [-0.1, -0.05) is 0 Å². The van der Waals surface area contributed by atoms with Gasteiger partial charge >= 0.3 is 5.82 Å². The molecule has 17 heavy (non-hydrogen) atoms. The molecule has 94 valence electrons. The monoisotopic (exact) mass is 240 g/mol. The maximum atomic E-state index is 11.0. The second kappa shape index (κ2) is 4.33. The zero-order chi connectivity index (χ0) is 12.6. The number of β-amino-alcohol motifs (C(OH)–C–C–N with tert-alkyl or cyclic N) is 1. The third kappa shape index (κ3) is 2.10. The fourth-order valence-corrected chi connectivity index (χ4v) is 2.20. The summed E-state index contributed by atoms with van der Waals surface area (Å²) in [4.78, 5) is 16.3. The Morgan fingerprint density at radius 2 is 2.29 bits per heavy atom. The van der Waals surface area contributed by atoms with Gasteiger partial charge in [0.25, 0.3) is 0 Å². The van der Waals surface area contributed by atoms with E-state index in [-0.39, 0.29) is 5.82 Å². The highest BCUT2D eigenvalue weighted by molar-refractivity contribution is 5.56. The molecule has 2 heterocycles. The van der Waals surface area contributed by atoms with Crippen molar-refractivity contribution in [2.45, 2.75) is 25.9 Å². The molecular weight excluding hydrogens is 224 g/mol. The van der Waals surface area contributed by atoms with E-state index >= 15 is 0 Å². The minimum absolute atomic E-state index is 0.126. The van der Waals surface area contributed by atoms with Gasteiger partial charge in [0, 0.05) is 27.1 Å². The molecular formula is C10H16N4O3. The number of aromatic nitrogens is 2. The number of nitrogens with zero attached hydrogens (tertiary/aromatic N) is 4. The van der Waals surface area contributed by atoms with Gasteiger partial charge in [-0.25, -0.2) is 0 Å². The second-order valence-electron chi connectivity index (χ2n) is 4.36. The number of nitro groups is 1. The molecule has 1 atom stereocenters. The lowest BCUT2D eigenvalue weighted by molar-refractivity contribution is -0.388. The number of aliphatic hydroxyl groups is 1. The molecule has 7 heteroatoms. The lowest BCUT2D eigenvalue weighted by atomic mass is 10.1. The van der Waals surface area contributed by atoms with Gasteiger partial charge in [-0.05, 0) is 22.7 Å². The van der Waals surface area contributed by atoms with E-state index in [2.05, 4.69) is 4.98 Å². The Morgan fingerprint density at radius 1 is 1.59 bits per heavy atom. The summed E-state index contributed by atoms with van der Waals surface area (Å²) in [5.74, 6) is 0.970. The lowest BCUT2D eigenvalue weighted by Crippen LogP contribution is -2.39. The van der Waals surface area contributed by atoms with Crippen molar-refractivity contribution >= 4 is 11.6 Å². The molecule has 1 aliphatic rings. The molecule has 1 N–H and O–H groups in total. The van der Waals surface area contributed by atoms with Crippen LogP contribution in [0.25, 0.3) is 0 Å². The van der Waals surface area contributed by atoms with E-state index in [1.54, 1.807) is 18.5 Å². The summed E-state index contributed by atoms with van der Waals surface area (Å²) in [7, 11) is 1.76. The first-order valence-corrected chi connectivity index (χ1v) is 5.61. The molecule has 1 saturated heterocycles. The Kier molecular flexibility index (Phi) is 3.01. The molecule has 0 aromatic carbocycles. The van der Waals surface area contributed by atoms with Crippen LogP contribution in [0.2, 0.25) is 0 Å². The minimum atomic E-state index is -0.469. The maximum Gasteiger partial charge on any atom is 0.406 e. The van der Waals surface area contributed by atoms with Crippen molar-refractivity contribution in [1.82, 2.24) is 9.55 Å². The topological polar surface area (TPSA) is 84.4 Å². The average Bonchev–Trinajstić information content (AvgIpc) is 2.56. The van der Waals surface area contributed by atoms with Gasteiger partial charge in [0.2, 0.25) is 11.6 Å². The normalized spacial score (nSPS) is 20.6. The number of rotatable bonds is 2. The predicted molar refractivity (Wildman–Crippen MR) is 62.1 cm³/mol. The summed E-state index contributed by atoms with van der Waals surface area (Å²) in [6, 6.07) is 0. The van der Waals surface area contributed by atoms with Crippen LogP contribution >= 0.6 is 0 Å². The Balaban J connectivity index is 2.39. The smallest absolute Gasteiger partial charge is 0.391 e. The van der Waals surface area contributed by atoms with Crippen LogP contribution in [-0.4, -0.2) is 38.8 Å². The summed E-state index contributed by atoms with van der Waals surface area (Å²) < 4.78 is 1.70. The van der Waals surface area contributed by atoms with Gasteiger partial charge in [-0.3, -0.25) is 4.57 Å². The summed E-state index contributed by atoms with van der Waals surface area (Å²) in [6.07, 6.45) is 1.17. The summed E-state index contributed by atoms with van der Waals surface area (Å²) >= 11 is 0. The number of aryl methyl sites for hydroxylation is 1. The third-order valence-electron chi connectivity index (χ3n) is 3.14. The van der Waals surface area contributed by atoms with Gasteiger partial charge in [-0.2, -0.15) is 0 Å². The van der Waals surface area contributed by atoms with Crippen LogP contribution < -0.4 is 4.90 Å². The van der Waals surface area contributed by atoms with Crippen molar-refractivity contribution in [1.29, 1.82) is 0 Å². The molecule has 0 aliphatic carbocycles. The van der Waals surface area contributed by atoms with Crippen LogP contribution in [-0.2, 0) is 7.05 Å². The van der Waals surface area contributed by atoms with E-state index in [1.165, 1.54) is 0 Å². The fourth-order valence-electron chi connectivity index (χ4n) is 2.20. The molecule has 1 fully saturated rings. The number of aliphatic hydroxyl groups excluding tert-OH is 1. The third-order valence-corrected chi connectivity index (χ3v) is 3.14. The molecule has 0 amide bonds. The number of anilines is 1. The number of hydrogen-bond acceptors (Lipinski definition) is 5. The van der Waals surface area contributed by atoms with Gasteiger partial charge in [-0.15, -0.1) is 0 Å². The predicted octanol–water partition coefficient (Wildman–Crippen LogP) is 0.598. The summed E-state index contributed by atoms with van der Waals surface area (Å²) in [6.45, 7) is 2.88. The lowest BCUT2D eigenvalue weighted by Gasteiger charge is -2.30. The Labute approximate surface area is 98.8 Å². The standard InChI is InChI=1S/C10H16N4O3/c1-7-11-9(14(16)17)10(12(7)2)13-5-3-4-8(15)6-13/h8,15H,3-6H2,1-2H3/t8-/m0/s1. The molecule has 1 aromatic rings. The largest absolute Gasteiger partial charge is 0.406 e. The number of piperidine rings is 1. The highest BCUT2D eigenvalue weighted by atomic mass is 16.6. The molecule has 0 spiro atoms.